The van der Waals surface area contributed by atoms with Crippen LogP contribution in [-0.2, 0) is 28.2 Å². The first-order valence-electron chi connectivity index (χ1n) is 8.70. The predicted octanol–water partition coefficient (Wildman–Crippen LogP) is 3.49. The molecule has 0 spiro atoms. The van der Waals surface area contributed by atoms with Crippen molar-refractivity contribution in [1.29, 1.82) is 0 Å². The molecule has 9 heteroatoms. The molecule has 0 aromatic carbocycles. The fourth-order valence-corrected chi connectivity index (χ4v) is 3.83. The smallest absolute Gasteiger partial charge is 0.220 e. The molecule has 0 N–H and O–H groups in total. The zero-order valence-corrected chi connectivity index (χ0v) is 19.4. The molecule has 0 amide bonds. The third kappa shape index (κ3) is 4.87. The molecule has 2 fully saturated rings. The number of carbonyl (C=O) groups excluding carboxylic acids is 1. The van der Waals surface area contributed by atoms with Crippen LogP contribution in [0.25, 0.3) is 0 Å². The molecule has 2 aliphatic rings. The zero-order chi connectivity index (χ0) is 19.9. The Kier molecular flexibility index (Phi) is 6.65. The second-order valence-electron chi connectivity index (χ2n) is 8.58. The SMILES string of the molecule is CSC(=S)O[C@@H]1[C@H]2OC(C)(C)O[C@H]2O[C@@H]1C(=O)CO[Si](C)(C)C(C)(C)C. The van der Waals surface area contributed by atoms with Crippen LogP contribution in [-0.4, -0.2) is 61.7 Å². The van der Waals surface area contributed by atoms with E-state index in [4.69, 9.17) is 35.6 Å². The third-order valence-electron chi connectivity index (χ3n) is 5.09. The predicted molar refractivity (Wildman–Crippen MR) is 108 cm³/mol. The minimum absolute atomic E-state index is 0.0180. The van der Waals surface area contributed by atoms with Crippen LogP contribution >= 0.6 is 24.0 Å². The van der Waals surface area contributed by atoms with Crippen LogP contribution in [0.15, 0.2) is 0 Å². The van der Waals surface area contributed by atoms with Gasteiger partial charge in [0.25, 0.3) is 0 Å². The van der Waals surface area contributed by atoms with Gasteiger partial charge in [0.1, 0.15) is 0 Å². The van der Waals surface area contributed by atoms with Crippen molar-refractivity contribution in [3.05, 3.63) is 0 Å². The molecule has 0 aliphatic carbocycles. The van der Waals surface area contributed by atoms with Crippen molar-refractivity contribution in [3.63, 3.8) is 0 Å². The second-order valence-corrected chi connectivity index (χ2v) is 14.8. The topological polar surface area (TPSA) is 63.2 Å². The van der Waals surface area contributed by atoms with E-state index < -0.39 is 38.7 Å². The maximum atomic E-state index is 12.8. The van der Waals surface area contributed by atoms with Gasteiger partial charge in [0.05, 0.1) is 6.61 Å². The van der Waals surface area contributed by atoms with Gasteiger partial charge in [0, 0.05) is 0 Å². The van der Waals surface area contributed by atoms with E-state index in [1.165, 1.54) is 11.8 Å². The molecule has 0 aromatic rings. The lowest BCUT2D eigenvalue weighted by Gasteiger charge is -2.36. The molecule has 2 aliphatic heterocycles. The second kappa shape index (κ2) is 7.77. The fourth-order valence-electron chi connectivity index (χ4n) is 2.58. The molecule has 0 unspecified atom stereocenters. The van der Waals surface area contributed by atoms with E-state index in [-0.39, 0.29) is 17.4 Å². The molecule has 4 atom stereocenters. The molecule has 0 saturated carbocycles. The Balaban J connectivity index is 2.09. The van der Waals surface area contributed by atoms with Crippen LogP contribution in [0.3, 0.4) is 0 Å². The summed E-state index contributed by atoms with van der Waals surface area (Å²) in [5, 5.41) is 0.0207. The summed E-state index contributed by atoms with van der Waals surface area (Å²) >= 11 is 6.48. The largest absolute Gasteiger partial charge is 0.469 e. The lowest BCUT2D eigenvalue weighted by molar-refractivity contribution is -0.213. The Morgan fingerprint density at radius 3 is 2.42 bits per heavy atom. The van der Waals surface area contributed by atoms with Gasteiger partial charge in [-0.25, -0.2) is 0 Å². The summed E-state index contributed by atoms with van der Waals surface area (Å²) in [7, 11) is -2.04. The van der Waals surface area contributed by atoms with Crippen molar-refractivity contribution in [3.8, 4) is 0 Å². The number of Topliss-reactive ketones (excluding diaryl/α,β-unsaturated/α-hetero) is 1. The summed E-state index contributed by atoms with van der Waals surface area (Å²) in [6.07, 6.45) is -0.797. The molecule has 26 heavy (non-hydrogen) atoms. The first-order valence-corrected chi connectivity index (χ1v) is 13.2. The van der Waals surface area contributed by atoms with Gasteiger partial charge in [-0.3, -0.25) is 4.79 Å². The van der Waals surface area contributed by atoms with Gasteiger partial charge in [-0.15, -0.1) is 0 Å². The molecular weight excluding hydrogens is 392 g/mol. The monoisotopic (exact) mass is 422 g/mol. The number of hydrogen-bond donors (Lipinski definition) is 0. The summed E-state index contributed by atoms with van der Waals surface area (Å²) in [5.74, 6) is -0.966. The van der Waals surface area contributed by atoms with E-state index in [1.807, 2.05) is 6.26 Å². The number of fused-ring (bicyclic) bond motifs is 1. The van der Waals surface area contributed by atoms with Crippen LogP contribution in [0.5, 0.6) is 0 Å². The molecule has 0 radical (unpaired) electrons. The highest BCUT2D eigenvalue weighted by molar-refractivity contribution is 8.22. The van der Waals surface area contributed by atoms with E-state index in [1.54, 1.807) is 13.8 Å². The van der Waals surface area contributed by atoms with Gasteiger partial charge >= 0.3 is 0 Å². The van der Waals surface area contributed by atoms with Crippen molar-refractivity contribution in [2.24, 2.45) is 0 Å². The van der Waals surface area contributed by atoms with Gasteiger partial charge in [-0.05, 0) is 50.5 Å². The Labute approximate surface area is 166 Å². The summed E-state index contributed by atoms with van der Waals surface area (Å²) in [6, 6.07) is 0. The van der Waals surface area contributed by atoms with E-state index in [2.05, 4.69) is 33.9 Å². The molecule has 0 bridgehead atoms. The lowest BCUT2D eigenvalue weighted by atomic mass is 10.1. The number of thiocarbonyl (C=S) groups is 1. The average molecular weight is 423 g/mol. The first-order chi connectivity index (χ1) is 11.8. The van der Waals surface area contributed by atoms with Crippen molar-refractivity contribution in [2.75, 3.05) is 12.9 Å². The summed E-state index contributed by atoms with van der Waals surface area (Å²) in [5.41, 5.74) is 0. The Bertz CT molecular complexity index is 560. The highest BCUT2D eigenvalue weighted by Crippen LogP contribution is 2.40. The van der Waals surface area contributed by atoms with Crippen molar-refractivity contribution < 1.29 is 28.2 Å². The van der Waals surface area contributed by atoms with Crippen LogP contribution in [0, 0.1) is 0 Å². The number of ether oxygens (including phenoxy) is 4. The Morgan fingerprint density at radius 2 is 1.88 bits per heavy atom. The van der Waals surface area contributed by atoms with Crippen molar-refractivity contribution in [1.82, 2.24) is 0 Å². The Hall–Kier alpha value is -0.0331. The minimum Gasteiger partial charge on any atom is -0.469 e. The molecule has 2 rings (SSSR count). The van der Waals surface area contributed by atoms with Crippen LogP contribution in [0.1, 0.15) is 34.6 Å². The minimum atomic E-state index is -2.04. The number of rotatable bonds is 5. The van der Waals surface area contributed by atoms with Gasteiger partial charge in [-0.2, -0.15) is 0 Å². The van der Waals surface area contributed by atoms with Gasteiger partial charge in [-0.1, -0.05) is 32.5 Å². The van der Waals surface area contributed by atoms with E-state index >= 15 is 0 Å². The third-order valence-corrected chi connectivity index (χ3v) is 10.6. The lowest BCUT2D eigenvalue weighted by Crippen LogP contribution is -2.46. The maximum absolute atomic E-state index is 12.8. The molecule has 150 valence electrons. The normalized spacial score (nSPS) is 30.9. The number of ketones is 1. The number of carbonyl (C=O) groups is 1. The first kappa shape index (κ1) is 22.3. The number of thioether (sulfide) groups is 1. The summed E-state index contributed by atoms with van der Waals surface area (Å²) in [6.45, 7) is 14.2. The quantitative estimate of drug-likeness (QED) is 0.493. The molecule has 0 aromatic heterocycles. The highest BCUT2D eigenvalue weighted by Gasteiger charge is 2.58. The van der Waals surface area contributed by atoms with Gasteiger partial charge in [0.15, 0.2) is 44.5 Å². The molecule has 2 heterocycles. The van der Waals surface area contributed by atoms with Crippen molar-refractivity contribution >= 4 is 42.5 Å². The Morgan fingerprint density at radius 1 is 1.27 bits per heavy atom. The highest BCUT2D eigenvalue weighted by atomic mass is 32.2. The zero-order valence-electron chi connectivity index (χ0n) is 16.8. The van der Waals surface area contributed by atoms with Gasteiger partial charge in [0.2, 0.25) is 4.38 Å². The van der Waals surface area contributed by atoms with Crippen LogP contribution in [0.2, 0.25) is 18.1 Å². The average Bonchev–Trinajstić information content (AvgIpc) is 2.96. The number of hydrogen-bond acceptors (Lipinski definition) is 8. The maximum Gasteiger partial charge on any atom is 0.220 e. The molecular formula is C17H30O6S2Si. The standard InChI is InChI=1S/C17H30O6S2Si/c1-16(2,3)26(7,8)19-9-10(18)11-12(21-15(24)25-6)13-14(20-11)23-17(4,5)22-13/h11-14H,9H2,1-8H3/t11-,12+,13-,14-/m1/s1. The van der Waals surface area contributed by atoms with E-state index in [0.717, 1.165) is 0 Å². The van der Waals surface area contributed by atoms with E-state index in [0.29, 0.717) is 4.38 Å². The van der Waals surface area contributed by atoms with E-state index in [9.17, 15) is 4.79 Å². The van der Waals surface area contributed by atoms with Crippen LogP contribution in [0.4, 0.5) is 0 Å². The molecule has 2 saturated heterocycles. The summed E-state index contributed by atoms with van der Waals surface area (Å²) < 4.78 is 29.6. The summed E-state index contributed by atoms with van der Waals surface area (Å²) in [4.78, 5) is 12.8. The van der Waals surface area contributed by atoms with Crippen molar-refractivity contribution in [2.45, 2.75) is 83.1 Å². The molecule has 6 nitrogen and oxygen atoms in total. The fraction of sp³-hybridized carbons (Fsp3) is 0.882. The van der Waals surface area contributed by atoms with Gasteiger partial charge < -0.3 is 23.4 Å². The van der Waals surface area contributed by atoms with Crippen LogP contribution < -0.4 is 0 Å².